The molecule has 0 heterocycles. The monoisotopic (exact) mass is 251 g/mol. The minimum atomic E-state index is -0.243. The van der Waals surface area contributed by atoms with Crippen LogP contribution >= 0.6 is 0 Å². The topological polar surface area (TPSA) is 58.6 Å². The van der Waals surface area contributed by atoms with E-state index >= 15 is 0 Å². The highest BCUT2D eigenvalue weighted by atomic mass is 16.5. The first kappa shape index (κ1) is 14.5. The summed E-state index contributed by atoms with van der Waals surface area (Å²) in [6, 6.07) is 3.49. The molecule has 1 rings (SSSR count). The van der Waals surface area contributed by atoms with Crippen molar-refractivity contribution in [3.05, 3.63) is 28.8 Å². The van der Waals surface area contributed by atoms with Gasteiger partial charge in [0.1, 0.15) is 5.75 Å². The van der Waals surface area contributed by atoms with Crippen LogP contribution in [0.5, 0.6) is 5.75 Å². The highest BCUT2D eigenvalue weighted by Gasteiger charge is 2.13. The molecule has 1 aromatic rings. The van der Waals surface area contributed by atoms with E-state index in [-0.39, 0.29) is 11.7 Å². The van der Waals surface area contributed by atoms with Crippen LogP contribution in [0.2, 0.25) is 0 Å². The van der Waals surface area contributed by atoms with Gasteiger partial charge < -0.3 is 15.2 Å². The second-order valence-corrected chi connectivity index (χ2v) is 4.21. The first-order valence-corrected chi connectivity index (χ1v) is 6.23. The van der Waals surface area contributed by atoms with Gasteiger partial charge in [-0.1, -0.05) is 6.07 Å². The Morgan fingerprint density at radius 1 is 1.39 bits per heavy atom. The van der Waals surface area contributed by atoms with Crippen molar-refractivity contribution in [3.8, 4) is 5.75 Å². The number of amides is 1. The summed E-state index contributed by atoms with van der Waals surface area (Å²) >= 11 is 0. The Bertz CT molecular complexity index is 416. The zero-order chi connectivity index (χ0) is 13.5. The number of rotatable bonds is 6. The van der Waals surface area contributed by atoms with Crippen molar-refractivity contribution in [2.24, 2.45) is 0 Å². The maximum Gasteiger partial charge on any atom is 0.255 e. The van der Waals surface area contributed by atoms with E-state index in [9.17, 15) is 9.90 Å². The quantitative estimate of drug-likeness (QED) is 0.762. The number of aromatic hydroxyl groups is 1. The maximum absolute atomic E-state index is 11.8. The van der Waals surface area contributed by atoms with E-state index in [2.05, 4.69) is 5.32 Å². The average molecular weight is 251 g/mol. The number of benzene rings is 1. The number of hydrogen-bond acceptors (Lipinski definition) is 3. The lowest BCUT2D eigenvalue weighted by Crippen LogP contribution is -2.25. The lowest BCUT2D eigenvalue weighted by Gasteiger charge is -2.10. The van der Waals surface area contributed by atoms with Crippen molar-refractivity contribution < 1.29 is 14.6 Å². The molecule has 0 atom stereocenters. The van der Waals surface area contributed by atoms with Gasteiger partial charge in [0, 0.05) is 19.8 Å². The van der Waals surface area contributed by atoms with Crippen molar-refractivity contribution in [1.29, 1.82) is 0 Å². The third-order valence-electron chi connectivity index (χ3n) is 2.90. The van der Waals surface area contributed by atoms with Gasteiger partial charge in [0.05, 0.1) is 5.56 Å². The number of aryl methyl sites for hydroxylation is 1. The van der Waals surface area contributed by atoms with E-state index in [0.29, 0.717) is 25.3 Å². The van der Waals surface area contributed by atoms with Crippen molar-refractivity contribution in [2.75, 3.05) is 19.8 Å². The first-order chi connectivity index (χ1) is 8.57. The molecule has 0 radical (unpaired) electrons. The van der Waals surface area contributed by atoms with Crippen molar-refractivity contribution in [3.63, 3.8) is 0 Å². The Morgan fingerprint density at radius 2 is 2.11 bits per heavy atom. The van der Waals surface area contributed by atoms with E-state index in [0.717, 1.165) is 17.5 Å². The summed E-state index contributed by atoms with van der Waals surface area (Å²) in [6.45, 7) is 7.51. The Hall–Kier alpha value is -1.55. The molecule has 0 saturated carbocycles. The van der Waals surface area contributed by atoms with Gasteiger partial charge in [-0.25, -0.2) is 0 Å². The van der Waals surface area contributed by atoms with E-state index in [1.54, 1.807) is 13.0 Å². The van der Waals surface area contributed by atoms with Crippen LogP contribution in [0.15, 0.2) is 12.1 Å². The second-order valence-electron chi connectivity index (χ2n) is 4.21. The number of phenols is 1. The molecule has 2 N–H and O–H groups in total. The van der Waals surface area contributed by atoms with Crippen LogP contribution in [0, 0.1) is 13.8 Å². The van der Waals surface area contributed by atoms with Gasteiger partial charge in [0.2, 0.25) is 0 Å². The fraction of sp³-hybridized carbons (Fsp3) is 0.500. The third-order valence-corrected chi connectivity index (χ3v) is 2.90. The number of hydrogen-bond donors (Lipinski definition) is 2. The van der Waals surface area contributed by atoms with Crippen molar-refractivity contribution >= 4 is 5.91 Å². The van der Waals surface area contributed by atoms with Gasteiger partial charge in [-0.15, -0.1) is 0 Å². The summed E-state index contributed by atoms with van der Waals surface area (Å²) in [5.74, 6) is -0.176. The van der Waals surface area contributed by atoms with Crippen molar-refractivity contribution in [1.82, 2.24) is 5.32 Å². The minimum absolute atomic E-state index is 0.0670. The standard InChI is InChI=1S/C14H21NO3/c1-4-18-9-5-8-15-14(17)12-7-6-10(2)11(3)13(12)16/h6-7,16H,4-5,8-9H2,1-3H3,(H,15,17). The molecule has 18 heavy (non-hydrogen) atoms. The van der Waals surface area contributed by atoms with Gasteiger partial charge >= 0.3 is 0 Å². The van der Waals surface area contributed by atoms with Crippen molar-refractivity contribution in [2.45, 2.75) is 27.2 Å². The van der Waals surface area contributed by atoms with Gasteiger partial charge in [-0.2, -0.15) is 0 Å². The summed E-state index contributed by atoms with van der Waals surface area (Å²) in [7, 11) is 0. The molecule has 0 saturated heterocycles. The van der Waals surface area contributed by atoms with Gasteiger partial charge in [-0.05, 0) is 44.4 Å². The molecule has 1 amide bonds. The zero-order valence-electron chi connectivity index (χ0n) is 11.2. The SMILES string of the molecule is CCOCCCNC(=O)c1ccc(C)c(C)c1O. The Kier molecular flexibility index (Phi) is 5.65. The lowest BCUT2D eigenvalue weighted by molar-refractivity contribution is 0.0941. The molecule has 0 aliphatic heterocycles. The summed E-state index contributed by atoms with van der Waals surface area (Å²) in [4.78, 5) is 11.8. The molecule has 0 aliphatic carbocycles. The molecular weight excluding hydrogens is 230 g/mol. The minimum Gasteiger partial charge on any atom is -0.507 e. The van der Waals surface area contributed by atoms with Gasteiger partial charge in [0.15, 0.2) is 0 Å². The number of carbonyl (C=O) groups is 1. The zero-order valence-corrected chi connectivity index (χ0v) is 11.2. The molecule has 0 unspecified atom stereocenters. The summed E-state index contributed by atoms with van der Waals surface area (Å²) in [5.41, 5.74) is 2.05. The molecule has 4 heteroatoms. The van der Waals surface area contributed by atoms with Gasteiger partial charge in [0.25, 0.3) is 5.91 Å². The molecule has 0 aliphatic rings. The van der Waals surface area contributed by atoms with Gasteiger partial charge in [-0.3, -0.25) is 4.79 Å². The van der Waals surface area contributed by atoms with E-state index in [1.807, 2.05) is 19.9 Å². The fourth-order valence-corrected chi connectivity index (χ4v) is 1.60. The lowest BCUT2D eigenvalue weighted by atomic mass is 10.0. The summed E-state index contributed by atoms with van der Waals surface area (Å²) in [6.07, 6.45) is 0.769. The fourth-order valence-electron chi connectivity index (χ4n) is 1.60. The highest BCUT2D eigenvalue weighted by Crippen LogP contribution is 2.24. The molecule has 4 nitrogen and oxygen atoms in total. The molecular formula is C14H21NO3. The summed E-state index contributed by atoms with van der Waals surface area (Å²) < 4.78 is 5.18. The van der Waals surface area contributed by atoms with Crippen LogP contribution in [0.4, 0.5) is 0 Å². The van der Waals surface area contributed by atoms with E-state index in [4.69, 9.17) is 4.74 Å². The normalized spacial score (nSPS) is 10.4. The highest BCUT2D eigenvalue weighted by molar-refractivity contribution is 5.97. The predicted molar refractivity (Wildman–Crippen MR) is 71.0 cm³/mol. The maximum atomic E-state index is 11.8. The second kappa shape index (κ2) is 7.01. The van der Waals surface area contributed by atoms with Crippen LogP contribution in [-0.2, 0) is 4.74 Å². The van der Waals surface area contributed by atoms with Crippen LogP contribution in [0.1, 0.15) is 34.8 Å². The van der Waals surface area contributed by atoms with Crippen LogP contribution in [0.25, 0.3) is 0 Å². The van der Waals surface area contributed by atoms with E-state index in [1.165, 1.54) is 0 Å². The summed E-state index contributed by atoms with van der Waals surface area (Å²) in [5, 5.41) is 12.7. The van der Waals surface area contributed by atoms with Crippen LogP contribution in [0.3, 0.4) is 0 Å². The molecule has 0 fully saturated rings. The number of ether oxygens (including phenoxy) is 1. The Balaban J connectivity index is 2.54. The van der Waals surface area contributed by atoms with E-state index < -0.39 is 0 Å². The number of phenolic OH excluding ortho intramolecular Hbond substituents is 1. The molecule has 0 bridgehead atoms. The first-order valence-electron chi connectivity index (χ1n) is 6.23. The number of nitrogens with one attached hydrogen (secondary N) is 1. The van der Waals surface area contributed by atoms with Crippen LogP contribution < -0.4 is 5.32 Å². The number of carbonyl (C=O) groups excluding carboxylic acids is 1. The third kappa shape index (κ3) is 3.74. The Morgan fingerprint density at radius 3 is 2.78 bits per heavy atom. The largest absolute Gasteiger partial charge is 0.507 e. The average Bonchev–Trinajstić information content (AvgIpc) is 2.35. The van der Waals surface area contributed by atoms with Crippen LogP contribution in [-0.4, -0.2) is 30.8 Å². The molecule has 1 aromatic carbocycles. The smallest absolute Gasteiger partial charge is 0.255 e. The predicted octanol–water partition coefficient (Wildman–Crippen LogP) is 2.17. The molecule has 100 valence electrons. The molecule has 0 spiro atoms. The Labute approximate surface area is 108 Å². The molecule has 0 aromatic heterocycles.